The third kappa shape index (κ3) is 3.20. The average molecular weight is 373 g/mol. The zero-order valence-corrected chi connectivity index (χ0v) is 16.6. The van der Waals surface area contributed by atoms with E-state index in [9.17, 15) is 9.18 Å². The molecule has 1 aliphatic heterocycles. The number of amides is 1. The second kappa shape index (κ2) is 7.54. The molecule has 3 aliphatic rings. The number of hydrogen-bond donors (Lipinski definition) is 1. The Hall–Kier alpha value is -1.42. The minimum atomic E-state index is -0.273. The number of benzene rings is 1. The van der Waals surface area contributed by atoms with Gasteiger partial charge in [-0.3, -0.25) is 9.69 Å². The number of carbonyl (C=O) groups is 1. The predicted octanol–water partition coefficient (Wildman–Crippen LogP) is 4.76. The molecule has 1 heterocycles. The molecule has 148 valence electrons. The van der Waals surface area contributed by atoms with Crippen LogP contribution in [0.3, 0.4) is 0 Å². The van der Waals surface area contributed by atoms with Crippen molar-refractivity contribution in [2.75, 3.05) is 13.2 Å². The van der Waals surface area contributed by atoms with Crippen LogP contribution >= 0.6 is 0 Å². The molecule has 3 fully saturated rings. The van der Waals surface area contributed by atoms with E-state index in [0.29, 0.717) is 12.6 Å². The molecule has 27 heavy (non-hydrogen) atoms. The minimum absolute atomic E-state index is 0.148. The topological polar surface area (TPSA) is 32.3 Å². The summed E-state index contributed by atoms with van der Waals surface area (Å²) < 4.78 is 13.5. The molecule has 1 N–H and O–H groups in total. The van der Waals surface area contributed by atoms with Crippen LogP contribution in [0.1, 0.15) is 76.7 Å². The monoisotopic (exact) mass is 372 g/mol. The Labute approximate surface area is 162 Å². The number of carbonyl (C=O) groups excluding carboxylic acids is 1. The van der Waals surface area contributed by atoms with Gasteiger partial charge < -0.3 is 5.32 Å². The molecule has 0 atom stereocenters. The summed E-state index contributed by atoms with van der Waals surface area (Å²) in [5.41, 5.74) is 1.23. The van der Waals surface area contributed by atoms with Crippen LogP contribution in [0.15, 0.2) is 24.3 Å². The third-order valence-corrected chi connectivity index (χ3v) is 7.71. The second-order valence-electron chi connectivity index (χ2n) is 8.96. The lowest BCUT2D eigenvalue weighted by molar-refractivity contribution is -0.129. The average Bonchev–Trinajstić information content (AvgIpc) is 2.99. The molecule has 1 aromatic rings. The lowest BCUT2D eigenvalue weighted by Gasteiger charge is -2.50. The maximum absolute atomic E-state index is 13.5. The molecule has 1 amide bonds. The molecule has 1 aromatic carbocycles. The van der Waals surface area contributed by atoms with Crippen molar-refractivity contribution in [2.45, 2.75) is 82.1 Å². The van der Waals surface area contributed by atoms with Crippen LogP contribution in [0.4, 0.5) is 4.39 Å². The van der Waals surface area contributed by atoms with Gasteiger partial charge in [-0.05, 0) is 74.0 Å². The highest BCUT2D eigenvalue weighted by molar-refractivity contribution is 5.88. The molecular formula is C23H33FN2O. The first-order valence-corrected chi connectivity index (χ1v) is 10.9. The molecule has 3 nitrogen and oxygen atoms in total. The van der Waals surface area contributed by atoms with Gasteiger partial charge in [-0.2, -0.15) is 0 Å². The summed E-state index contributed by atoms with van der Waals surface area (Å²) in [5, 5.41) is 3.10. The zero-order valence-electron chi connectivity index (χ0n) is 16.6. The summed E-state index contributed by atoms with van der Waals surface area (Å²) in [6.07, 6.45) is 11.5. The SMILES string of the molecule is CCCN1CNC(=O)C12CCC(C1(c3ccc(F)cc3)CCCCC1)CC2. The smallest absolute Gasteiger partial charge is 0.241 e. The number of rotatable bonds is 4. The van der Waals surface area contributed by atoms with Gasteiger partial charge in [0, 0.05) is 6.54 Å². The molecule has 0 radical (unpaired) electrons. The molecule has 0 aromatic heterocycles. The van der Waals surface area contributed by atoms with E-state index in [1.54, 1.807) is 12.1 Å². The van der Waals surface area contributed by atoms with E-state index in [-0.39, 0.29) is 22.7 Å². The van der Waals surface area contributed by atoms with E-state index >= 15 is 0 Å². The molecule has 0 bridgehead atoms. The Morgan fingerprint density at radius 3 is 2.37 bits per heavy atom. The van der Waals surface area contributed by atoms with Crippen molar-refractivity contribution in [3.05, 3.63) is 35.6 Å². The van der Waals surface area contributed by atoms with Crippen molar-refractivity contribution >= 4 is 5.91 Å². The largest absolute Gasteiger partial charge is 0.342 e. The summed E-state index contributed by atoms with van der Waals surface area (Å²) in [7, 11) is 0. The summed E-state index contributed by atoms with van der Waals surface area (Å²) in [5.74, 6) is 0.699. The maximum atomic E-state index is 13.5. The highest BCUT2D eigenvalue weighted by atomic mass is 19.1. The normalized spacial score (nSPS) is 31.2. The summed E-state index contributed by atoms with van der Waals surface area (Å²) in [6.45, 7) is 3.89. The third-order valence-electron chi connectivity index (χ3n) is 7.71. The Balaban J connectivity index is 1.57. The second-order valence-corrected chi connectivity index (χ2v) is 8.96. The maximum Gasteiger partial charge on any atom is 0.241 e. The fourth-order valence-electron chi connectivity index (χ4n) is 6.28. The van der Waals surface area contributed by atoms with Gasteiger partial charge in [0.1, 0.15) is 11.4 Å². The van der Waals surface area contributed by atoms with Crippen LogP contribution in [0.5, 0.6) is 0 Å². The van der Waals surface area contributed by atoms with Gasteiger partial charge >= 0.3 is 0 Å². The summed E-state index contributed by atoms with van der Waals surface area (Å²) in [6, 6.07) is 7.31. The van der Waals surface area contributed by atoms with Crippen LogP contribution in [0.2, 0.25) is 0 Å². The van der Waals surface area contributed by atoms with Crippen molar-refractivity contribution in [1.29, 1.82) is 0 Å². The molecule has 0 unspecified atom stereocenters. The van der Waals surface area contributed by atoms with E-state index in [0.717, 1.165) is 38.6 Å². The van der Waals surface area contributed by atoms with Crippen LogP contribution in [-0.2, 0) is 10.2 Å². The molecule has 1 spiro atoms. The summed E-state index contributed by atoms with van der Waals surface area (Å²) in [4.78, 5) is 15.1. The van der Waals surface area contributed by atoms with E-state index in [2.05, 4.69) is 17.1 Å². The fraction of sp³-hybridized carbons (Fsp3) is 0.696. The molecule has 1 saturated heterocycles. The molecule has 4 heteroatoms. The van der Waals surface area contributed by atoms with Gasteiger partial charge in [0.15, 0.2) is 0 Å². The van der Waals surface area contributed by atoms with E-state index < -0.39 is 0 Å². The van der Waals surface area contributed by atoms with E-state index in [4.69, 9.17) is 0 Å². The quantitative estimate of drug-likeness (QED) is 0.827. The Morgan fingerprint density at radius 1 is 1.07 bits per heavy atom. The number of nitrogens with one attached hydrogen (secondary N) is 1. The van der Waals surface area contributed by atoms with Crippen molar-refractivity contribution < 1.29 is 9.18 Å². The number of halogens is 1. The van der Waals surface area contributed by atoms with E-state index in [1.807, 2.05) is 12.1 Å². The standard InChI is InChI=1S/C23H33FN2O/c1-2-16-26-17-25-21(27)23(26)14-10-19(11-15-23)22(12-4-3-5-13-22)18-6-8-20(24)9-7-18/h6-9,19H,2-5,10-17H2,1H3,(H,25,27). The van der Waals surface area contributed by atoms with Crippen LogP contribution in [-0.4, -0.2) is 29.6 Å². The minimum Gasteiger partial charge on any atom is -0.342 e. The van der Waals surface area contributed by atoms with Gasteiger partial charge in [0.05, 0.1) is 6.67 Å². The van der Waals surface area contributed by atoms with Crippen molar-refractivity contribution in [1.82, 2.24) is 10.2 Å². The fourth-order valence-corrected chi connectivity index (χ4v) is 6.28. The lowest BCUT2D eigenvalue weighted by atomic mass is 9.57. The predicted molar refractivity (Wildman–Crippen MR) is 106 cm³/mol. The Kier molecular flexibility index (Phi) is 5.28. The van der Waals surface area contributed by atoms with Gasteiger partial charge in [-0.25, -0.2) is 4.39 Å². The van der Waals surface area contributed by atoms with Crippen molar-refractivity contribution in [3.63, 3.8) is 0 Å². The Morgan fingerprint density at radius 2 is 1.74 bits per heavy atom. The zero-order chi connectivity index (χ0) is 18.9. The first kappa shape index (κ1) is 18.9. The van der Waals surface area contributed by atoms with Gasteiger partial charge in [-0.1, -0.05) is 38.3 Å². The van der Waals surface area contributed by atoms with Crippen LogP contribution in [0.25, 0.3) is 0 Å². The van der Waals surface area contributed by atoms with Gasteiger partial charge in [-0.15, -0.1) is 0 Å². The van der Waals surface area contributed by atoms with Crippen LogP contribution < -0.4 is 5.32 Å². The van der Waals surface area contributed by atoms with Gasteiger partial charge in [0.2, 0.25) is 5.91 Å². The van der Waals surface area contributed by atoms with Gasteiger partial charge in [0.25, 0.3) is 0 Å². The number of nitrogens with zero attached hydrogens (tertiary/aromatic N) is 1. The molecular weight excluding hydrogens is 339 g/mol. The van der Waals surface area contributed by atoms with Crippen molar-refractivity contribution in [2.24, 2.45) is 5.92 Å². The molecule has 2 saturated carbocycles. The summed E-state index contributed by atoms with van der Waals surface area (Å²) >= 11 is 0. The van der Waals surface area contributed by atoms with Crippen molar-refractivity contribution in [3.8, 4) is 0 Å². The Bertz CT molecular complexity index is 657. The first-order chi connectivity index (χ1) is 13.1. The molecule has 2 aliphatic carbocycles. The molecule has 4 rings (SSSR count). The highest BCUT2D eigenvalue weighted by Gasteiger charge is 2.53. The van der Waals surface area contributed by atoms with E-state index in [1.165, 1.54) is 37.7 Å². The highest BCUT2D eigenvalue weighted by Crippen LogP contribution is 2.52. The van der Waals surface area contributed by atoms with Crippen LogP contribution in [0, 0.1) is 11.7 Å². The lowest BCUT2D eigenvalue weighted by Crippen LogP contribution is -2.53. The first-order valence-electron chi connectivity index (χ1n) is 10.9. The number of hydrogen-bond acceptors (Lipinski definition) is 2.